The fourth-order valence-corrected chi connectivity index (χ4v) is 4.32. The van der Waals surface area contributed by atoms with Crippen LogP contribution >= 0.6 is 15.9 Å². The summed E-state index contributed by atoms with van der Waals surface area (Å²) in [6.07, 6.45) is 3.45. The van der Waals surface area contributed by atoms with Crippen LogP contribution < -0.4 is 5.32 Å². The second-order valence-corrected chi connectivity index (χ2v) is 7.75. The first-order valence-electron chi connectivity index (χ1n) is 8.98. The average molecular weight is 421 g/mol. The van der Waals surface area contributed by atoms with Gasteiger partial charge in [-0.05, 0) is 24.1 Å². The Hall–Kier alpha value is -2.73. The molecule has 134 valence electrons. The van der Waals surface area contributed by atoms with E-state index in [0.29, 0.717) is 18.2 Å². The number of fused-ring (bicyclic) bond motifs is 2. The van der Waals surface area contributed by atoms with Crippen LogP contribution in [0, 0.1) is 5.92 Å². The van der Waals surface area contributed by atoms with Gasteiger partial charge in [0, 0.05) is 22.2 Å². The molecule has 1 aliphatic heterocycles. The Morgan fingerprint density at radius 1 is 1.11 bits per heavy atom. The van der Waals surface area contributed by atoms with Crippen LogP contribution in [0.5, 0.6) is 0 Å². The zero-order valence-electron chi connectivity index (χ0n) is 14.5. The van der Waals surface area contributed by atoms with Gasteiger partial charge in [0.05, 0.1) is 12.0 Å². The van der Waals surface area contributed by atoms with Gasteiger partial charge in [0.1, 0.15) is 5.78 Å². The largest absolute Gasteiger partial charge is 0.328 e. The number of ketones is 1. The molecule has 6 heteroatoms. The summed E-state index contributed by atoms with van der Waals surface area (Å²) in [5, 5.41) is 8.13. The first kappa shape index (κ1) is 16.4. The van der Waals surface area contributed by atoms with Crippen molar-refractivity contribution in [3.8, 4) is 11.4 Å². The second kappa shape index (κ2) is 6.46. The lowest BCUT2D eigenvalue weighted by Crippen LogP contribution is -2.38. The summed E-state index contributed by atoms with van der Waals surface area (Å²) in [4.78, 5) is 17.5. The highest BCUT2D eigenvalue weighted by Gasteiger charge is 2.41. The van der Waals surface area contributed by atoms with Crippen LogP contribution in [0.4, 0.5) is 5.95 Å². The number of aromatic nitrogens is 3. The van der Waals surface area contributed by atoms with E-state index < -0.39 is 0 Å². The van der Waals surface area contributed by atoms with E-state index in [1.54, 1.807) is 0 Å². The summed E-state index contributed by atoms with van der Waals surface area (Å²) in [6, 6.07) is 17.8. The number of hydrogen-bond acceptors (Lipinski definition) is 4. The van der Waals surface area contributed by atoms with E-state index in [2.05, 4.69) is 33.4 Å². The molecule has 1 aromatic heterocycles. The van der Waals surface area contributed by atoms with Crippen LogP contribution in [0.25, 0.3) is 11.4 Å². The first-order chi connectivity index (χ1) is 13.2. The molecule has 27 heavy (non-hydrogen) atoms. The van der Waals surface area contributed by atoms with E-state index in [4.69, 9.17) is 10.1 Å². The molecule has 0 bridgehead atoms. The number of nitrogens with zero attached hydrogens (tertiary/aromatic N) is 3. The molecule has 2 atom stereocenters. The van der Waals surface area contributed by atoms with E-state index in [1.165, 1.54) is 0 Å². The standard InChI is InChI=1S/C21H17BrN4O/c22-15-9-4-8-14(12-15)19-18-16(10-5-11-17(18)27)23-21-24-20(25-26(19)21)13-6-2-1-3-7-13/h1-4,6-10,12,18-19H,5,11H2,(H,23,24,25). The van der Waals surface area contributed by atoms with Crippen LogP contribution in [-0.4, -0.2) is 20.5 Å². The van der Waals surface area contributed by atoms with Gasteiger partial charge in [-0.25, -0.2) is 4.68 Å². The molecular formula is C21H17BrN4O. The van der Waals surface area contributed by atoms with Crippen molar-refractivity contribution in [3.05, 3.63) is 76.4 Å². The number of Topliss-reactive ketones (excluding diaryl/α,β-unsaturated/α-hetero) is 1. The van der Waals surface area contributed by atoms with E-state index in [-0.39, 0.29) is 17.7 Å². The molecule has 1 aliphatic carbocycles. The lowest BCUT2D eigenvalue weighted by molar-refractivity contribution is -0.123. The van der Waals surface area contributed by atoms with Crippen molar-refractivity contribution in [2.45, 2.75) is 18.9 Å². The molecule has 1 N–H and O–H groups in total. The molecule has 0 spiro atoms. The van der Waals surface area contributed by atoms with Crippen molar-refractivity contribution in [2.24, 2.45) is 5.92 Å². The minimum absolute atomic E-state index is 0.206. The number of halogens is 1. The Kier molecular flexibility index (Phi) is 3.93. The summed E-state index contributed by atoms with van der Waals surface area (Å²) in [5.41, 5.74) is 2.94. The normalized spacial score (nSPS) is 21.1. The highest BCUT2D eigenvalue weighted by atomic mass is 79.9. The third kappa shape index (κ3) is 2.80. The van der Waals surface area contributed by atoms with Gasteiger partial charge >= 0.3 is 0 Å². The molecule has 0 saturated carbocycles. The number of carbonyl (C=O) groups excluding carboxylic acids is 1. The summed E-state index contributed by atoms with van der Waals surface area (Å²) in [7, 11) is 0. The molecule has 2 unspecified atom stereocenters. The Bertz CT molecular complexity index is 1060. The van der Waals surface area contributed by atoms with Crippen LogP contribution in [0.3, 0.4) is 0 Å². The van der Waals surface area contributed by atoms with E-state index in [1.807, 2.05) is 53.2 Å². The second-order valence-electron chi connectivity index (χ2n) is 6.84. The minimum atomic E-state index is -0.258. The van der Waals surface area contributed by atoms with Crippen molar-refractivity contribution in [1.29, 1.82) is 0 Å². The number of anilines is 1. The zero-order chi connectivity index (χ0) is 18.4. The topological polar surface area (TPSA) is 59.8 Å². The molecule has 2 aliphatic rings. The molecule has 0 saturated heterocycles. The summed E-state index contributed by atoms with van der Waals surface area (Å²) < 4.78 is 2.85. The molecule has 5 nitrogen and oxygen atoms in total. The number of hydrogen-bond donors (Lipinski definition) is 1. The number of nitrogens with one attached hydrogen (secondary N) is 1. The van der Waals surface area contributed by atoms with Crippen molar-refractivity contribution < 1.29 is 4.79 Å². The van der Waals surface area contributed by atoms with Gasteiger partial charge in [-0.2, -0.15) is 4.98 Å². The Morgan fingerprint density at radius 3 is 2.78 bits per heavy atom. The van der Waals surface area contributed by atoms with Crippen molar-refractivity contribution in [3.63, 3.8) is 0 Å². The lowest BCUT2D eigenvalue weighted by Gasteiger charge is -2.36. The minimum Gasteiger partial charge on any atom is -0.328 e. The monoisotopic (exact) mass is 420 g/mol. The van der Waals surface area contributed by atoms with E-state index in [9.17, 15) is 4.79 Å². The Morgan fingerprint density at radius 2 is 1.96 bits per heavy atom. The first-order valence-corrected chi connectivity index (χ1v) is 9.77. The van der Waals surface area contributed by atoms with Gasteiger partial charge in [0.25, 0.3) is 0 Å². The number of carbonyl (C=O) groups is 1. The maximum absolute atomic E-state index is 12.8. The predicted molar refractivity (Wildman–Crippen MR) is 107 cm³/mol. The smallest absolute Gasteiger partial charge is 0.226 e. The molecule has 5 rings (SSSR count). The lowest BCUT2D eigenvalue weighted by atomic mass is 9.81. The number of benzene rings is 2. The van der Waals surface area contributed by atoms with Gasteiger partial charge in [-0.3, -0.25) is 4.79 Å². The highest BCUT2D eigenvalue weighted by Crippen LogP contribution is 2.42. The van der Waals surface area contributed by atoms with E-state index >= 15 is 0 Å². The molecular weight excluding hydrogens is 404 g/mol. The summed E-state index contributed by atoms with van der Waals surface area (Å²) in [6.45, 7) is 0. The van der Waals surface area contributed by atoms with Gasteiger partial charge < -0.3 is 5.32 Å². The van der Waals surface area contributed by atoms with Crippen LogP contribution in [0.2, 0.25) is 0 Å². The van der Waals surface area contributed by atoms with Crippen molar-refractivity contribution in [1.82, 2.24) is 14.8 Å². The highest BCUT2D eigenvalue weighted by molar-refractivity contribution is 9.10. The van der Waals surface area contributed by atoms with Crippen LogP contribution in [0.1, 0.15) is 24.4 Å². The van der Waals surface area contributed by atoms with Gasteiger partial charge in [0.15, 0.2) is 5.82 Å². The fourth-order valence-electron chi connectivity index (χ4n) is 3.91. The Labute approximate surface area is 165 Å². The third-order valence-electron chi connectivity index (χ3n) is 5.13. The fraction of sp³-hybridized carbons (Fsp3) is 0.190. The number of allylic oxidation sites excluding steroid dienone is 2. The molecule has 2 heterocycles. The van der Waals surface area contributed by atoms with E-state index in [0.717, 1.165) is 27.7 Å². The molecule has 3 aromatic rings. The predicted octanol–water partition coefficient (Wildman–Crippen LogP) is 4.59. The molecule has 0 radical (unpaired) electrons. The zero-order valence-corrected chi connectivity index (χ0v) is 16.1. The van der Waals surface area contributed by atoms with Crippen LogP contribution in [-0.2, 0) is 4.79 Å². The quantitative estimate of drug-likeness (QED) is 0.658. The average Bonchev–Trinajstić information content (AvgIpc) is 3.11. The van der Waals surface area contributed by atoms with Crippen molar-refractivity contribution in [2.75, 3.05) is 5.32 Å². The number of rotatable bonds is 2. The molecule has 0 fully saturated rings. The van der Waals surface area contributed by atoms with Gasteiger partial charge in [-0.1, -0.05) is 64.5 Å². The Balaban J connectivity index is 1.70. The summed E-state index contributed by atoms with van der Waals surface area (Å²) in [5.74, 6) is 1.32. The molecule has 0 amide bonds. The third-order valence-corrected chi connectivity index (χ3v) is 5.62. The van der Waals surface area contributed by atoms with Gasteiger partial charge in [-0.15, -0.1) is 5.10 Å². The van der Waals surface area contributed by atoms with Crippen LogP contribution in [0.15, 0.2) is 70.8 Å². The van der Waals surface area contributed by atoms with Gasteiger partial charge in [0.2, 0.25) is 5.95 Å². The SMILES string of the molecule is O=C1CCC=C2Nc3nc(-c4ccccc4)nn3C(c3cccc(Br)c3)C12. The molecule has 2 aromatic carbocycles. The maximum atomic E-state index is 12.8. The summed E-state index contributed by atoms with van der Waals surface area (Å²) >= 11 is 3.55. The van der Waals surface area contributed by atoms with Crippen molar-refractivity contribution >= 4 is 27.7 Å². The maximum Gasteiger partial charge on any atom is 0.226 e.